The third-order valence-electron chi connectivity index (χ3n) is 3.62. The van der Waals surface area contributed by atoms with Crippen molar-refractivity contribution in [2.75, 3.05) is 37.6 Å². The van der Waals surface area contributed by atoms with Gasteiger partial charge in [-0.2, -0.15) is 0 Å². The Labute approximate surface area is 125 Å². The van der Waals surface area contributed by atoms with E-state index in [4.69, 9.17) is 0 Å². The van der Waals surface area contributed by atoms with E-state index < -0.39 is 0 Å². The standard InChI is InChI=1S/C14H24N4OS/c1-3-17(4-2)13(19)15-8-7-12-11-20-14(16-12)18-9-5-6-10-18/h11H,3-10H2,1-2H3,(H,15,19). The Bertz CT molecular complexity index is 425. The van der Waals surface area contributed by atoms with Crippen molar-refractivity contribution in [1.29, 1.82) is 0 Å². The normalized spacial score (nSPS) is 14.6. The van der Waals surface area contributed by atoms with Crippen LogP contribution in [0.3, 0.4) is 0 Å². The molecule has 0 aromatic carbocycles. The van der Waals surface area contributed by atoms with E-state index in [0.717, 1.165) is 43.4 Å². The molecule has 1 aliphatic heterocycles. The van der Waals surface area contributed by atoms with Crippen LogP contribution in [-0.4, -0.2) is 48.6 Å². The van der Waals surface area contributed by atoms with Gasteiger partial charge in [-0.1, -0.05) is 0 Å². The number of carbonyl (C=O) groups is 1. The van der Waals surface area contributed by atoms with Crippen molar-refractivity contribution in [3.05, 3.63) is 11.1 Å². The molecule has 0 bridgehead atoms. The number of hydrogen-bond acceptors (Lipinski definition) is 4. The first-order chi connectivity index (χ1) is 9.74. The summed E-state index contributed by atoms with van der Waals surface area (Å²) in [6, 6.07) is 0.0185. The lowest BCUT2D eigenvalue weighted by molar-refractivity contribution is 0.203. The lowest BCUT2D eigenvalue weighted by Crippen LogP contribution is -2.40. The van der Waals surface area contributed by atoms with Crippen LogP contribution in [0, 0.1) is 0 Å². The number of hydrogen-bond donors (Lipinski definition) is 1. The van der Waals surface area contributed by atoms with E-state index in [-0.39, 0.29) is 6.03 Å². The SMILES string of the molecule is CCN(CC)C(=O)NCCc1csc(N2CCCC2)n1. The Morgan fingerprint density at radius 2 is 2.10 bits per heavy atom. The molecule has 6 heteroatoms. The average Bonchev–Trinajstić information content (AvgIpc) is 3.10. The molecule has 1 fully saturated rings. The summed E-state index contributed by atoms with van der Waals surface area (Å²) in [5, 5.41) is 6.19. The number of thiazole rings is 1. The minimum absolute atomic E-state index is 0.0185. The van der Waals surface area contributed by atoms with Crippen molar-refractivity contribution in [3.63, 3.8) is 0 Å². The maximum Gasteiger partial charge on any atom is 0.317 e. The maximum atomic E-state index is 11.8. The van der Waals surface area contributed by atoms with Crippen LogP contribution in [0.2, 0.25) is 0 Å². The number of nitrogens with zero attached hydrogens (tertiary/aromatic N) is 3. The van der Waals surface area contributed by atoms with Crippen molar-refractivity contribution in [2.24, 2.45) is 0 Å². The molecule has 0 radical (unpaired) electrons. The van der Waals surface area contributed by atoms with Gasteiger partial charge in [0.15, 0.2) is 5.13 Å². The summed E-state index contributed by atoms with van der Waals surface area (Å²) < 4.78 is 0. The molecule has 112 valence electrons. The minimum atomic E-state index is 0.0185. The van der Waals surface area contributed by atoms with Gasteiger partial charge in [-0.3, -0.25) is 0 Å². The smallest absolute Gasteiger partial charge is 0.317 e. The van der Waals surface area contributed by atoms with Gasteiger partial charge >= 0.3 is 6.03 Å². The van der Waals surface area contributed by atoms with E-state index in [1.807, 2.05) is 13.8 Å². The van der Waals surface area contributed by atoms with Crippen molar-refractivity contribution in [3.8, 4) is 0 Å². The molecule has 0 saturated carbocycles. The molecule has 2 amide bonds. The highest BCUT2D eigenvalue weighted by Gasteiger charge is 2.15. The molecule has 1 saturated heterocycles. The van der Waals surface area contributed by atoms with Crippen LogP contribution >= 0.6 is 11.3 Å². The predicted octanol–water partition coefficient (Wildman–Crippen LogP) is 2.34. The van der Waals surface area contributed by atoms with Crippen LogP contribution in [0.4, 0.5) is 9.93 Å². The van der Waals surface area contributed by atoms with E-state index in [2.05, 4.69) is 20.6 Å². The molecule has 0 unspecified atom stereocenters. The third-order valence-corrected chi connectivity index (χ3v) is 4.57. The number of aromatic nitrogens is 1. The first-order valence-corrected chi connectivity index (χ1v) is 8.34. The molecule has 2 rings (SSSR count). The second-order valence-corrected chi connectivity index (χ2v) is 5.81. The molecule has 20 heavy (non-hydrogen) atoms. The highest BCUT2D eigenvalue weighted by Crippen LogP contribution is 2.24. The molecular formula is C14H24N4OS. The van der Waals surface area contributed by atoms with Gasteiger partial charge in [0.1, 0.15) is 0 Å². The quantitative estimate of drug-likeness (QED) is 0.876. The molecule has 5 nitrogen and oxygen atoms in total. The maximum absolute atomic E-state index is 11.8. The Morgan fingerprint density at radius 1 is 1.40 bits per heavy atom. The first kappa shape index (κ1) is 15.1. The highest BCUT2D eigenvalue weighted by atomic mass is 32.1. The van der Waals surface area contributed by atoms with Crippen LogP contribution in [0.15, 0.2) is 5.38 Å². The van der Waals surface area contributed by atoms with E-state index in [0.29, 0.717) is 6.54 Å². The van der Waals surface area contributed by atoms with Crippen LogP contribution in [0.1, 0.15) is 32.4 Å². The number of nitrogens with one attached hydrogen (secondary N) is 1. The molecule has 1 aromatic rings. The van der Waals surface area contributed by atoms with E-state index in [1.165, 1.54) is 12.8 Å². The zero-order valence-electron chi connectivity index (χ0n) is 12.4. The average molecular weight is 296 g/mol. The van der Waals surface area contributed by atoms with Gasteiger partial charge < -0.3 is 15.1 Å². The monoisotopic (exact) mass is 296 g/mol. The molecular weight excluding hydrogens is 272 g/mol. The second-order valence-electron chi connectivity index (χ2n) is 4.97. The van der Waals surface area contributed by atoms with E-state index in [9.17, 15) is 4.79 Å². The van der Waals surface area contributed by atoms with Gasteiger partial charge in [-0.15, -0.1) is 11.3 Å². The summed E-state index contributed by atoms with van der Waals surface area (Å²) in [5.74, 6) is 0. The van der Waals surface area contributed by atoms with Gasteiger partial charge in [0.25, 0.3) is 0 Å². The fourth-order valence-electron chi connectivity index (χ4n) is 2.38. The minimum Gasteiger partial charge on any atom is -0.348 e. The number of carbonyl (C=O) groups excluding carboxylic acids is 1. The van der Waals surface area contributed by atoms with E-state index >= 15 is 0 Å². The summed E-state index contributed by atoms with van der Waals surface area (Å²) in [6.07, 6.45) is 3.35. The third kappa shape index (κ3) is 3.85. The van der Waals surface area contributed by atoms with Gasteiger partial charge in [0.2, 0.25) is 0 Å². The molecule has 0 aliphatic carbocycles. The predicted molar refractivity (Wildman–Crippen MR) is 83.6 cm³/mol. The van der Waals surface area contributed by atoms with Gasteiger partial charge in [-0.05, 0) is 26.7 Å². The highest BCUT2D eigenvalue weighted by molar-refractivity contribution is 7.13. The Kier molecular flexibility index (Phi) is 5.64. The summed E-state index contributed by atoms with van der Waals surface area (Å²) >= 11 is 1.71. The lowest BCUT2D eigenvalue weighted by Gasteiger charge is -2.18. The number of anilines is 1. The second kappa shape index (κ2) is 7.47. The lowest BCUT2D eigenvalue weighted by atomic mass is 10.3. The topological polar surface area (TPSA) is 48.5 Å². The number of amides is 2. The fourth-order valence-corrected chi connectivity index (χ4v) is 3.30. The molecule has 0 spiro atoms. The van der Waals surface area contributed by atoms with Gasteiger partial charge in [0, 0.05) is 44.5 Å². The van der Waals surface area contributed by atoms with Crippen molar-refractivity contribution in [2.45, 2.75) is 33.1 Å². The van der Waals surface area contributed by atoms with Crippen LogP contribution in [0.25, 0.3) is 0 Å². The largest absolute Gasteiger partial charge is 0.348 e. The van der Waals surface area contributed by atoms with Gasteiger partial charge in [0.05, 0.1) is 5.69 Å². The van der Waals surface area contributed by atoms with Crippen molar-refractivity contribution >= 4 is 22.5 Å². The Hall–Kier alpha value is -1.30. The summed E-state index contributed by atoms with van der Waals surface area (Å²) in [6.45, 7) is 8.39. The Balaban J connectivity index is 1.75. The fraction of sp³-hybridized carbons (Fsp3) is 0.714. The number of rotatable bonds is 6. The van der Waals surface area contributed by atoms with Crippen LogP contribution in [0.5, 0.6) is 0 Å². The molecule has 2 heterocycles. The molecule has 0 atom stereocenters. The Morgan fingerprint density at radius 3 is 2.75 bits per heavy atom. The van der Waals surface area contributed by atoms with Crippen LogP contribution in [-0.2, 0) is 6.42 Å². The van der Waals surface area contributed by atoms with Gasteiger partial charge in [-0.25, -0.2) is 9.78 Å². The molecule has 1 N–H and O–H groups in total. The van der Waals surface area contributed by atoms with E-state index in [1.54, 1.807) is 16.2 Å². The number of urea groups is 1. The van der Waals surface area contributed by atoms with Crippen molar-refractivity contribution < 1.29 is 4.79 Å². The summed E-state index contributed by atoms with van der Waals surface area (Å²) in [5.41, 5.74) is 1.08. The molecule has 1 aliphatic rings. The summed E-state index contributed by atoms with van der Waals surface area (Å²) in [4.78, 5) is 20.6. The first-order valence-electron chi connectivity index (χ1n) is 7.46. The zero-order chi connectivity index (χ0) is 14.4. The molecule has 1 aromatic heterocycles. The van der Waals surface area contributed by atoms with Crippen molar-refractivity contribution in [1.82, 2.24) is 15.2 Å². The summed E-state index contributed by atoms with van der Waals surface area (Å²) in [7, 11) is 0. The van der Waals surface area contributed by atoms with Crippen LogP contribution < -0.4 is 10.2 Å². The zero-order valence-corrected chi connectivity index (χ0v) is 13.2.